The van der Waals surface area contributed by atoms with Gasteiger partial charge in [-0.1, -0.05) is 28.1 Å². The number of carbonyl (C=O) groups is 2. The molecule has 1 atom stereocenters. The van der Waals surface area contributed by atoms with Gasteiger partial charge in [-0.25, -0.2) is 4.79 Å². The fourth-order valence-corrected chi connectivity index (χ4v) is 3.48. The van der Waals surface area contributed by atoms with Gasteiger partial charge in [-0.05, 0) is 61.1 Å². The van der Waals surface area contributed by atoms with Crippen LogP contribution in [0.1, 0.15) is 46.0 Å². The number of hydrogen-bond acceptors (Lipinski definition) is 4. The maximum absolute atomic E-state index is 12.5. The first-order valence-electron chi connectivity index (χ1n) is 8.06. The molecule has 130 valence electrons. The van der Waals surface area contributed by atoms with Gasteiger partial charge in [0.1, 0.15) is 11.3 Å². The fraction of sp³-hybridized carbons (Fsp3) is 0.263. The number of phenols is 1. The summed E-state index contributed by atoms with van der Waals surface area (Å²) in [5, 5.41) is 10.2. The molecule has 2 aromatic carbocycles. The summed E-state index contributed by atoms with van der Waals surface area (Å²) in [7, 11) is 0. The van der Waals surface area contributed by atoms with Crippen molar-refractivity contribution in [1.29, 1.82) is 0 Å². The second-order valence-electron chi connectivity index (χ2n) is 6.09. The van der Waals surface area contributed by atoms with Crippen molar-refractivity contribution in [1.82, 2.24) is 0 Å². The van der Waals surface area contributed by atoms with Crippen LogP contribution >= 0.6 is 15.9 Å². The van der Waals surface area contributed by atoms with Gasteiger partial charge in [0.2, 0.25) is 6.10 Å². The van der Waals surface area contributed by atoms with Crippen molar-refractivity contribution in [3.63, 3.8) is 0 Å². The first-order valence-corrected chi connectivity index (χ1v) is 8.85. The summed E-state index contributed by atoms with van der Waals surface area (Å²) in [5.74, 6) is -1.68. The Morgan fingerprint density at radius 2 is 1.80 bits per heavy atom. The maximum Gasteiger partial charge on any atom is 0.343 e. The third-order valence-electron chi connectivity index (χ3n) is 4.31. The van der Waals surface area contributed by atoms with Crippen LogP contribution in [0.5, 0.6) is 5.75 Å². The highest BCUT2D eigenvalue weighted by Gasteiger charge is 2.26. The molecule has 0 saturated carbocycles. The number of halogens is 1. The molecular weight excluding hydrogens is 386 g/mol. The van der Waals surface area contributed by atoms with E-state index in [0.717, 1.165) is 41.3 Å². The van der Waals surface area contributed by atoms with Gasteiger partial charge in [0.05, 0.1) is 0 Å². The molecule has 0 fully saturated rings. The fourth-order valence-electron chi connectivity index (χ4n) is 3.07. The van der Waals surface area contributed by atoms with E-state index in [-0.39, 0.29) is 11.3 Å². The number of benzene rings is 2. The zero-order valence-electron chi connectivity index (χ0n) is 13.5. The van der Waals surface area contributed by atoms with Crippen molar-refractivity contribution in [2.24, 2.45) is 5.73 Å². The van der Waals surface area contributed by atoms with Gasteiger partial charge in [-0.3, -0.25) is 4.79 Å². The molecule has 3 rings (SSSR count). The van der Waals surface area contributed by atoms with Crippen LogP contribution in [0.3, 0.4) is 0 Å². The van der Waals surface area contributed by atoms with Gasteiger partial charge in [0.25, 0.3) is 5.91 Å². The molecule has 0 bridgehead atoms. The number of phenolic OH excluding ortho intramolecular Hbond substituents is 1. The number of ether oxygens (including phenoxy) is 1. The number of primary amides is 1. The van der Waals surface area contributed by atoms with Crippen molar-refractivity contribution in [3.8, 4) is 5.75 Å². The highest BCUT2D eigenvalue weighted by atomic mass is 79.9. The third kappa shape index (κ3) is 3.85. The molecule has 25 heavy (non-hydrogen) atoms. The molecule has 0 radical (unpaired) electrons. The van der Waals surface area contributed by atoms with Crippen LogP contribution in [0.25, 0.3) is 0 Å². The summed E-state index contributed by atoms with van der Waals surface area (Å²) >= 11 is 3.31. The molecule has 1 amide bonds. The minimum absolute atomic E-state index is 0.0573. The average molecular weight is 404 g/mol. The molecule has 1 aliphatic carbocycles. The zero-order chi connectivity index (χ0) is 18.0. The number of hydrogen-bond donors (Lipinski definition) is 2. The lowest BCUT2D eigenvalue weighted by atomic mass is 9.90. The van der Waals surface area contributed by atoms with E-state index in [0.29, 0.717) is 5.56 Å². The van der Waals surface area contributed by atoms with Crippen molar-refractivity contribution in [3.05, 3.63) is 63.1 Å². The number of aromatic hydroxyl groups is 1. The summed E-state index contributed by atoms with van der Waals surface area (Å²) in [6, 6.07) is 10.1. The summed E-state index contributed by atoms with van der Waals surface area (Å²) < 4.78 is 6.06. The van der Waals surface area contributed by atoms with Crippen molar-refractivity contribution < 1.29 is 19.4 Å². The Kier molecular flexibility index (Phi) is 5.08. The van der Waals surface area contributed by atoms with Crippen LogP contribution in [0, 0.1) is 0 Å². The van der Waals surface area contributed by atoms with E-state index in [9.17, 15) is 14.7 Å². The Labute approximate surface area is 153 Å². The Bertz CT molecular complexity index is 834. The minimum Gasteiger partial charge on any atom is -0.507 e. The van der Waals surface area contributed by atoms with E-state index in [1.54, 1.807) is 36.4 Å². The number of carbonyl (C=O) groups excluding carboxylic acids is 2. The standard InChI is InChI=1S/C19H18BrNO4/c20-14-7-3-6-13(8-14)17(18(21)23)25-19(24)15-9-11-4-1-2-5-12(11)10-16(15)22/h3,6-10,17,22H,1-2,4-5H2,(H2,21,23). The average Bonchev–Trinajstić information content (AvgIpc) is 2.58. The number of aryl methyl sites for hydroxylation is 2. The lowest BCUT2D eigenvalue weighted by molar-refractivity contribution is -0.127. The normalized spacial score (nSPS) is 14.4. The molecule has 5 nitrogen and oxygen atoms in total. The predicted octanol–water partition coefficient (Wildman–Crippen LogP) is 3.42. The molecule has 0 saturated heterocycles. The van der Waals surface area contributed by atoms with E-state index >= 15 is 0 Å². The van der Waals surface area contributed by atoms with Crippen LogP contribution in [0.4, 0.5) is 0 Å². The summed E-state index contributed by atoms with van der Waals surface area (Å²) in [6.45, 7) is 0. The molecule has 1 unspecified atom stereocenters. The van der Waals surface area contributed by atoms with E-state index in [1.165, 1.54) is 0 Å². The Morgan fingerprint density at radius 1 is 1.12 bits per heavy atom. The second-order valence-corrected chi connectivity index (χ2v) is 7.00. The lowest BCUT2D eigenvalue weighted by Crippen LogP contribution is -2.26. The quantitative estimate of drug-likeness (QED) is 0.765. The molecule has 0 aliphatic heterocycles. The minimum atomic E-state index is -1.22. The van der Waals surface area contributed by atoms with E-state index in [2.05, 4.69) is 15.9 Å². The van der Waals surface area contributed by atoms with Crippen molar-refractivity contribution >= 4 is 27.8 Å². The number of nitrogens with two attached hydrogens (primary N) is 1. The summed E-state index contributed by atoms with van der Waals surface area (Å²) in [6.07, 6.45) is 2.65. The lowest BCUT2D eigenvalue weighted by Gasteiger charge is -2.19. The smallest absolute Gasteiger partial charge is 0.343 e. The number of amides is 1. The van der Waals surface area contributed by atoms with Gasteiger partial charge >= 0.3 is 5.97 Å². The molecule has 0 heterocycles. The Balaban J connectivity index is 1.88. The summed E-state index contributed by atoms with van der Waals surface area (Å²) in [5.41, 5.74) is 8.01. The van der Waals surface area contributed by atoms with E-state index in [4.69, 9.17) is 10.5 Å². The van der Waals surface area contributed by atoms with Gasteiger partial charge in [0.15, 0.2) is 0 Å². The Morgan fingerprint density at radius 3 is 2.44 bits per heavy atom. The van der Waals surface area contributed by atoms with Crippen molar-refractivity contribution in [2.45, 2.75) is 31.8 Å². The van der Waals surface area contributed by atoms with Crippen molar-refractivity contribution in [2.75, 3.05) is 0 Å². The molecule has 0 spiro atoms. The number of fused-ring (bicyclic) bond motifs is 1. The SMILES string of the molecule is NC(=O)C(OC(=O)c1cc2c(cc1O)CCCC2)c1cccc(Br)c1. The number of rotatable bonds is 4. The largest absolute Gasteiger partial charge is 0.507 e. The second kappa shape index (κ2) is 7.27. The first-order chi connectivity index (χ1) is 12.0. The summed E-state index contributed by atoms with van der Waals surface area (Å²) in [4.78, 5) is 24.3. The Hall–Kier alpha value is -2.34. The van der Waals surface area contributed by atoms with Gasteiger partial charge in [-0.2, -0.15) is 0 Å². The van der Waals surface area contributed by atoms with E-state index < -0.39 is 18.0 Å². The zero-order valence-corrected chi connectivity index (χ0v) is 15.1. The molecule has 1 aliphatic rings. The maximum atomic E-state index is 12.5. The molecular formula is C19H18BrNO4. The highest BCUT2D eigenvalue weighted by Crippen LogP contribution is 2.30. The van der Waals surface area contributed by atoms with Crippen LogP contribution in [-0.2, 0) is 22.4 Å². The van der Waals surface area contributed by atoms with Gasteiger partial charge in [0, 0.05) is 10.0 Å². The van der Waals surface area contributed by atoms with Crippen LogP contribution < -0.4 is 5.73 Å². The van der Waals surface area contributed by atoms with E-state index in [1.807, 2.05) is 0 Å². The number of esters is 1. The molecule has 2 aromatic rings. The predicted molar refractivity (Wildman–Crippen MR) is 96.2 cm³/mol. The van der Waals surface area contributed by atoms with Gasteiger partial charge in [-0.15, -0.1) is 0 Å². The monoisotopic (exact) mass is 403 g/mol. The molecule has 3 N–H and O–H groups in total. The highest BCUT2D eigenvalue weighted by molar-refractivity contribution is 9.10. The van der Waals surface area contributed by atoms with Crippen LogP contribution in [0.15, 0.2) is 40.9 Å². The first kappa shape index (κ1) is 17.5. The topological polar surface area (TPSA) is 89.6 Å². The van der Waals surface area contributed by atoms with Crippen LogP contribution in [0.2, 0.25) is 0 Å². The third-order valence-corrected chi connectivity index (χ3v) is 4.81. The van der Waals surface area contributed by atoms with Gasteiger partial charge < -0.3 is 15.6 Å². The molecule has 6 heteroatoms. The molecule has 0 aromatic heterocycles. The van der Waals surface area contributed by atoms with Crippen LogP contribution in [-0.4, -0.2) is 17.0 Å².